The Hall–Kier alpha value is -2.88. The number of benzene rings is 2. The number of aliphatic imine (C=N–C) groups is 1. The van der Waals surface area contributed by atoms with Crippen LogP contribution >= 0.6 is 0 Å². The highest BCUT2D eigenvalue weighted by Gasteiger charge is 2.30. The second-order valence-corrected chi connectivity index (χ2v) is 5.71. The Morgan fingerprint density at radius 3 is 2.17 bits per heavy atom. The normalized spacial score (nSPS) is 14.2. The first-order valence-corrected chi connectivity index (χ1v) is 7.39. The number of hydrogen-bond donors (Lipinski definition) is 1. The Bertz CT molecular complexity index is 831. The van der Waals surface area contributed by atoms with Crippen molar-refractivity contribution in [2.45, 2.75) is 6.92 Å². The third-order valence-electron chi connectivity index (χ3n) is 3.92. The lowest BCUT2D eigenvalue weighted by molar-refractivity contribution is 0.104. The predicted molar refractivity (Wildman–Crippen MR) is 93.9 cm³/mol. The van der Waals surface area contributed by atoms with Gasteiger partial charge < -0.3 is 10.0 Å². The van der Waals surface area contributed by atoms with Crippen molar-refractivity contribution >= 4 is 28.6 Å². The minimum atomic E-state index is -0.177. The molecule has 1 aliphatic carbocycles. The van der Waals surface area contributed by atoms with E-state index in [1.807, 2.05) is 43.3 Å². The summed E-state index contributed by atoms with van der Waals surface area (Å²) < 4.78 is 0. The SMILES string of the molecule is CC(=Nc1ccc(N(C)C)cc1)C1=C(O)c2ccccc2C1=O. The minimum Gasteiger partial charge on any atom is -0.506 e. The number of carbonyl (C=O) groups excluding carboxylic acids is 1. The molecule has 0 aliphatic heterocycles. The average molecular weight is 306 g/mol. The summed E-state index contributed by atoms with van der Waals surface area (Å²) in [4.78, 5) is 19.0. The van der Waals surface area contributed by atoms with Crippen molar-refractivity contribution in [1.82, 2.24) is 0 Å². The van der Waals surface area contributed by atoms with Crippen LogP contribution in [0.2, 0.25) is 0 Å². The van der Waals surface area contributed by atoms with Gasteiger partial charge in [0.05, 0.1) is 17.0 Å². The Morgan fingerprint density at radius 2 is 1.61 bits per heavy atom. The third kappa shape index (κ3) is 2.63. The second kappa shape index (κ2) is 5.72. The number of fused-ring (bicyclic) bond motifs is 1. The molecule has 4 heteroatoms. The number of allylic oxidation sites excluding steroid dienone is 1. The van der Waals surface area contributed by atoms with E-state index in [-0.39, 0.29) is 17.1 Å². The maximum atomic E-state index is 12.5. The number of hydrogen-bond acceptors (Lipinski definition) is 4. The molecule has 0 fully saturated rings. The molecule has 2 aromatic rings. The molecular formula is C19H18N2O2. The van der Waals surface area contributed by atoms with E-state index in [4.69, 9.17) is 0 Å². The van der Waals surface area contributed by atoms with E-state index in [0.717, 1.165) is 11.4 Å². The molecule has 0 atom stereocenters. The molecule has 0 aromatic heterocycles. The summed E-state index contributed by atoms with van der Waals surface area (Å²) in [6, 6.07) is 14.8. The van der Waals surface area contributed by atoms with Gasteiger partial charge >= 0.3 is 0 Å². The van der Waals surface area contributed by atoms with E-state index in [1.165, 1.54) is 0 Å². The number of ketones is 1. The lowest BCUT2D eigenvalue weighted by Gasteiger charge is -2.11. The second-order valence-electron chi connectivity index (χ2n) is 5.71. The molecule has 0 unspecified atom stereocenters. The fourth-order valence-corrected chi connectivity index (χ4v) is 2.68. The molecule has 0 amide bonds. The first-order chi connectivity index (χ1) is 11.0. The molecular weight excluding hydrogens is 288 g/mol. The molecule has 1 N–H and O–H groups in total. The van der Waals surface area contributed by atoms with Gasteiger partial charge in [-0.25, -0.2) is 0 Å². The molecule has 1 aliphatic rings. The molecule has 0 heterocycles. The maximum absolute atomic E-state index is 12.5. The predicted octanol–water partition coefficient (Wildman–Crippen LogP) is 4.01. The zero-order chi connectivity index (χ0) is 16.6. The number of aliphatic hydroxyl groups is 1. The molecule has 23 heavy (non-hydrogen) atoms. The van der Waals surface area contributed by atoms with Gasteiger partial charge in [-0.2, -0.15) is 0 Å². The largest absolute Gasteiger partial charge is 0.506 e. The number of carbonyl (C=O) groups is 1. The van der Waals surface area contributed by atoms with Gasteiger partial charge in [0.2, 0.25) is 0 Å². The fraction of sp³-hybridized carbons (Fsp3) is 0.158. The van der Waals surface area contributed by atoms with E-state index >= 15 is 0 Å². The van der Waals surface area contributed by atoms with E-state index in [9.17, 15) is 9.90 Å². The third-order valence-corrected chi connectivity index (χ3v) is 3.92. The Morgan fingerprint density at radius 1 is 1.00 bits per heavy atom. The Kier molecular flexibility index (Phi) is 3.74. The van der Waals surface area contributed by atoms with Crippen LogP contribution in [-0.2, 0) is 0 Å². The first-order valence-electron chi connectivity index (χ1n) is 7.39. The van der Waals surface area contributed by atoms with Crippen LogP contribution in [-0.4, -0.2) is 30.7 Å². The Labute approximate surface area is 135 Å². The van der Waals surface area contributed by atoms with Crippen molar-refractivity contribution in [2.75, 3.05) is 19.0 Å². The highest BCUT2D eigenvalue weighted by Crippen LogP contribution is 2.32. The van der Waals surface area contributed by atoms with Gasteiger partial charge in [0.1, 0.15) is 5.76 Å². The maximum Gasteiger partial charge on any atom is 0.199 e. The van der Waals surface area contributed by atoms with Crippen molar-refractivity contribution in [3.05, 3.63) is 65.2 Å². The molecule has 116 valence electrons. The van der Waals surface area contributed by atoms with Crippen molar-refractivity contribution in [3.63, 3.8) is 0 Å². The van der Waals surface area contributed by atoms with Gasteiger partial charge in [-0.05, 0) is 31.2 Å². The number of rotatable bonds is 3. The molecule has 0 radical (unpaired) electrons. The van der Waals surface area contributed by atoms with Crippen molar-refractivity contribution in [3.8, 4) is 0 Å². The summed E-state index contributed by atoms with van der Waals surface area (Å²) in [6.45, 7) is 1.75. The van der Waals surface area contributed by atoms with E-state index < -0.39 is 0 Å². The monoisotopic (exact) mass is 306 g/mol. The Balaban J connectivity index is 1.96. The molecule has 3 rings (SSSR count). The van der Waals surface area contributed by atoms with Gasteiger partial charge in [-0.1, -0.05) is 24.3 Å². The van der Waals surface area contributed by atoms with Gasteiger partial charge in [0, 0.05) is 30.9 Å². The van der Waals surface area contributed by atoms with Gasteiger partial charge in [-0.15, -0.1) is 0 Å². The van der Waals surface area contributed by atoms with E-state index in [0.29, 0.717) is 16.8 Å². The number of aliphatic hydroxyl groups excluding tert-OH is 1. The van der Waals surface area contributed by atoms with Crippen LogP contribution in [0.3, 0.4) is 0 Å². The highest BCUT2D eigenvalue weighted by molar-refractivity contribution is 6.35. The summed E-state index contributed by atoms with van der Waals surface area (Å²) in [5.74, 6) is -0.166. The molecule has 0 spiro atoms. The zero-order valence-corrected chi connectivity index (χ0v) is 13.4. The van der Waals surface area contributed by atoms with Crippen LogP contribution in [0.4, 0.5) is 11.4 Å². The standard InChI is InChI=1S/C19H18N2O2/c1-12(20-13-8-10-14(11-9-13)21(2)3)17-18(22)15-6-4-5-7-16(15)19(17)23/h4-11,22H,1-3H3. The topological polar surface area (TPSA) is 52.9 Å². The van der Waals surface area contributed by atoms with Crippen LogP contribution in [0.15, 0.2) is 59.1 Å². The van der Waals surface area contributed by atoms with Crippen molar-refractivity contribution in [1.29, 1.82) is 0 Å². The molecule has 0 saturated carbocycles. The summed E-state index contributed by atoms with van der Waals surface area (Å²) in [5, 5.41) is 10.3. The summed E-state index contributed by atoms with van der Waals surface area (Å²) in [7, 11) is 3.95. The quantitative estimate of drug-likeness (QED) is 0.872. The summed E-state index contributed by atoms with van der Waals surface area (Å²) >= 11 is 0. The van der Waals surface area contributed by atoms with Crippen LogP contribution < -0.4 is 4.90 Å². The molecule has 2 aromatic carbocycles. The van der Waals surface area contributed by atoms with Crippen molar-refractivity contribution < 1.29 is 9.90 Å². The van der Waals surface area contributed by atoms with Crippen LogP contribution in [0.5, 0.6) is 0 Å². The lowest BCUT2D eigenvalue weighted by Crippen LogP contribution is -2.08. The van der Waals surface area contributed by atoms with E-state index in [1.54, 1.807) is 31.2 Å². The zero-order valence-electron chi connectivity index (χ0n) is 13.4. The number of nitrogens with zero attached hydrogens (tertiary/aromatic N) is 2. The average Bonchev–Trinajstić information content (AvgIpc) is 2.80. The number of anilines is 1. The van der Waals surface area contributed by atoms with Gasteiger partial charge in [-0.3, -0.25) is 9.79 Å². The first kappa shape index (κ1) is 15.0. The molecule has 0 bridgehead atoms. The van der Waals surface area contributed by atoms with Crippen molar-refractivity contribution in [2.24, 2.45) is 4.99 Å². The molecule has 4 nitrogen and oxygen atoms in total. The van der Waals surface area contributed by atoms with Gasteiger partial charge in [0.25, 0.3) is 0 Å². The lowest BCUT2D eigenvalue weighted by atomic mass is 10.1. The fourth-order valence-electron chi connectivity index (χ4n) is 2.68. The minimum absolute atomic E-state index is 0.0109. The van der Waals surface area contributed by atoms with Crippen LogP contribution in [0.25, 0.3) is 5.76 Å². The summed E-state index contributed by atoms with van der Waals surface area (Å²) in [5.41, 5.74) is 3.72. The van der Waals surface area contributed by atoms with E-state index in [2.05, 4.69) is 4.99 Å². The van der Waals surface area contributed by atoms with Crippen LogP contribution in [0, 0.1) is 0 Å². The smallest absolute Gasteiger partial charge is 0.199 e. The molecule has 0 saturated heterocycles. The summed E-state index contributed by atoms with van der Waals surface area (Å²) in [6.07, 6.45) is 0. The van der Waals surface area contributed by atoms with Crippen LogP contribution in [0.1, 0.15) is 22.8 Å². The van der Waals surface area contributed by atoms with Gasteiger partial charge in [0.15, 0.2) is 5.78 Å². The highest BCUT2D eigenvalue weighted by atomic mass is 16.3. The number of Topliss-reactive ketones (excluding diaryl/α,β-unsaturated/α-hetero) is 1.